The van der Waals surface area contributed by atoms with Gasteiger partial charge in [0.05, 0.1) is 5.56 Å². The molecule has 1 aliphatic rings. The normalized spacial score (nSPS) is 15.7. The highest BCUT2D eigenvalue weighted by Gasteiger charge is 2.30. The molecule has 0 spiro atoms. The lowest BCUT2D eigenvalue weighted by Crippen LogP contribution is -2.44. The van der Waals surface area contributed by atoms with Crippen LogP contribution in [0.4, 0.5) is 13.2 Å². The van der Waals surface area contributed by atoms with Crippen LogP contribution in [0.25, 0.3) is 0 Å². The van der Waals surface area contributed by atoms with Gasteiger partial charge < -0.3 is 10.6 Å². The fourth-order valence-corrected chi connectivity index (χ4v) is 2.88. The predicted octanol–water partition coefficient (Wildman–Crippen LogP) is 3.24. The van der Waals surface area contributed by atoms with Gasteiger partial charge in [-0.15, -0.1) is 24.8 Å². The van der Waals surface area contributed by atoms with E-state index < -0.39 is 11.7 Å². The average Bonchev–Trinajstić information content (AvgIpc) is 2.54. The highest BCUT2D eigenvalue weighted by molar-refractivity contribution is 5.85. The third-order valence-corrected chi connectivity index (χ3v) is 4.22. The van der Waals surface area contributed by atoms with Gasteiger partial charge in [0.15, 0.2) is 0 Å². The third kappa shape index (κ3) is 8.12. The van der Waals surface area contributed by atoms with Crippen LogP contribution in [0.15, 0.2) is 24.3 Å². The molecular weight excluding hydrogens is 390 g/mol. The zero-order valence-electron chi connectivity index (χ0n) is 14.6. The molecule has 2 N–H and O–H groups in total. The zero-order chi connectivity index (χ0) is 17.6. The molecule has 1 aliphatic heterocycles. The van der Waals surface area contributed by atoms with E-state index in [1.807, 2.05) is 0 Å². The smallest absolute Gasteiger partial charge is 0.353 e. The van der Waals surface area contributed by atoms with E-state index in [1.54, 1.807) is 13.1 Å². The maximum absolute atomic E-state index is 12.7. The molecule has 0 saturated carbocycles. The van der Waals surface area contributed by atoms with Gasteiger partial charge >= 0.3 is 6.18 Å². The van der Waals surface area contributed by atoms with Crippen LogP contribution in [0, 0.1) is 0 Å². The number of alkyl halides is 3. The molecule has 9 heteroatoms. The summed E-state index contributed by atoms with van der Waals surface area (Å²) in [6.45, 7) is 2.70. The molecule has 1 saturated heterocycles. The van der Waals surface area contributed by atoms with Gasteiger partial charge in [0.1, 0.15) is 0 Å². The van der Waals surface area contributed by atoms with Crippen molar-refractivity contribution in [2.24, 2.45) is 0 Å². The summed E-state index contributed by atoms with van der Waals surface area (Å²) >= 11 is 0. The van der Waals surface area contributed by atoms with E-state index >= 15 is 0 Å². The summed E-state index contributed by atoms with van der Waals surface area (Å²) in [7, 11) is 1.81. The minimum atomic E-state index is -4.30. The van der Waals surface area contributed by atoms with Crippen LogP contribution >= 0.6 is 24.8 Å². The second kappa shape index (κ2) is 11.6. The Balaban J connectivity index is 0.00000312. The molecule has 0 atom stereocenters. The van der Waals surface area contributed by atoms with Crippen LogP contribution in [-0.4, -0.2) is 43.5 Å². The highest BCUT2D eigenvalue weighted by Crippen LogP contribution is 2.29. The maximum atomic E-state index is 12.7. The Morgan fingerprint density at radius 1 is 1.23 bits per heavy atom. The van der Waals surface area contributed by atoms with Crippen LogP contribution in [0.3, 0.4) is 0 Å². The Bertz CT molecular complexity index is 550. The molecule has 1 aromatic rings. The van der Waals surface area contributed by atoms with E-state index in [4.69, 9.17) is 0 Å². The van der Waals surface area contributed by atoms with E-state index in [0.29, 0.717) is 25.1 Å². The summed E-state index contributed by atoms with van der Waals surface area (Å²) < 4.78 is 38.2. The number of hydrogen-bond donors (Lipinski definition) is 2. The molecule has 1 aromatic carbocycles. The topological polar surface area (TPSA) is 44.4 Å². The van der Waals surface area contributed by atoms with Crippen molar-refractivity contribution in [3.63, 3.8) is 0 Å². The van der Waals surface area contributed by atoms with Crippen molar-refractivity contribution in [1.82, 2.24) is 15.5 Å². The first-order valence-electron chi connectivity index (χ1n) is 8.21. The molecule has 26 heavy (non-hydrogen) atoms. The van der Waals surface area contributed by atoms with Crippen molar-refractivity contribution in [3.8, 4) is 0 Å². The predicted molar refractivity (Wildman–Crippen MR) is 101 cm³/mol. The number of carbonyl (C=O) groups is 1. The SMILES string of the molecule is CNCCC(=O)NC1CCN(Cc2cccc(C(F)(F)F)c2)CC1.Cl.Cl. The molecule has 2 rings (SSSR count). The first-order valence-corrected chi connectivity index (χ1v) is 8.21. The monoisotopic (exact) mass is 415 g/mol. The first kappa shape index (κ1) is 25.0. The fourth-order valence-electron chi connectivity index (χ4n) is 2.88. The fraction of sp³-hybridized carbons (Fsp3) is 0.588. The Hall–Kier alpha value is -1.02. The molecule has 0 aromatic heterocycles. The van der Waals surface area contributed by atoms with E-state index in [-0.39, 0.29) is 36.8 Å². The van der Waals surface area contributed by atoms with Crippen molar-refractivity contribution in [3.05, 3.63) is 35.4 Å². The van der Waals surface area contributed by atoms with Crippen LogP contribution in [0.1, 0.15) is 30.4 Å². The van der Waals surface area contributed by atoms with Crippen molar-refractivity contribution in [2.45, 2.75) is 38.0 Å². The highest BCUT2D eigenvalue weighted by atomic mass is 35.5. The molecule has 0 radical (unpaired) electrons. The summed E-state index contributed by atoms with van der Waals surface area (Å²) in [5, 5.41) is 5.95. The van der Waals surface area contributed by atoms with Gasteiger partial charge in [-0.2, -0.15) is 13.2 Å². The van der Waals surface area contributed by atoms with E-state index in [2.05, 4.69) is 15.5 Å². The molecule has 0 bridgehead atoms. The number of amides is 1. The summed E-state index contributed by atoms with van der Waals surface area (Å²) in [4.78, 5) is 13.8. The number of rotatable bonds is 6. The largest absolute Gasteiger partial charge is 0.416 e. The summed E-state index contributed by atoms with van der Waals surface area (Å²) in [6.07, 6.45) is -2.20. The number of nitrogens with one attached hydrogen (secondary N) is 2. The van der Waals surface area contributed by atoms with Crippen molar-refractivity contribution in [1.29, 1.82) is 0 Å². The van der Waals surface area contributed by atoms with Crippen LogP contribution in [0.5, 0.6) is 0 Å². The average molecular weight is 416 g/mol. The van der Waals surface area contributed by atoms with Crippen LogP contribution in [0.2, 0.25) is 0 Å². The van der Waals surface area contributed by atoms with Gasteiger partial charge in [0.25, 0.3) is 0 Å². The van der Waals surface area contributed by atoms with Crippen molar-refractivity contribution in [2.75, 3.05) is 26.7 Å². The summed E-state index contributed by atoms with van der Waals surface area (Å²) in [6, 6.07) is 5.64. The number of halogens is 5. The minimum absolute atomic E-state index is 0. The van der Waals surface area contributed by atoms with Gasteiger partial charge in [0.2, 0.25) is 5.91 Å². The van der Waals surface area contributed by atoms with E-state index in [9.17, 15) is 18.0 Å². The molecular formula is C17H26Cl2F3N3O. The molecule has 4 nitrogen and oxygen atoms in total. The lowest BCUT2D eigenvalue weighted by Gasteiger charge is -2.32. The van der Waals surface area contributed by atoms with Crippen LogP contribution in [-0.2, 0) is 17.5 Å². The van der Waals surface area contributed by atoms with Gasteiger partial charge in [-0.25, -0.2) is 0 Å². The van der Waals surface area contributed by atoms with E-state index in [1.165, 1.54) is 12.1 Å². The third-order valence-electron chi connectivity index (χ3n) is 4.22. The first-order chi connectivity index (χ1) is 11.4. The van der Waals surface area contributed by atoms with Crippen LogP contribution < -0.4 is 10.6 Å². The standard InChI is InChI=1S/C17H24F3N3O.2ClH/c1-21-8-5-16(24)22-15-6-9-23(10-7-15)12-13-3-2-4-14(11-13)17(18,19)20;;/h2-4,11,15,21H,5-10,12H2,1H3,(H,22,24);2*1H. The quantitative estimate of drug-likeness (QED) is 0.749. The van der Waals surface area contributed by atoms with Gasteiger partial charge in [0, 0.05) is 38.6 Å². The Morgan fingerprint density at radius 2 is 1.88 bits per heavy atom. The van der Waals surface area contributed by atoms with E-state index in [0.717, 1.165) is 32.0 Å². The minimum Gasteiger partial charge on any atom is -0.353 e. The number of piperidine rings is 1. The summed E-state index contributed by atoms with van der Waals surface area (Å²) in [5.74, 6) is 0.0423. The number of benzene rings is 1. The Labute approximate surface area is 164 Å². The Morgan fingerprint density at radius 3 is 2.46 bits per heavy atom. The Kier molecular flexibility index (Phi) is 11.2. The second-order valence-corrected chi connectivity index (χ2v) is 6.17. The maximum Gasteiger partial charge on any atom is 0.416 e. The molecule has 150 valence electrons. The zero-order valence-corrected chi connectivity index (χ0v) is 16.3. The van der Waals surface area contributed by atoms with Gasteiger partial charge in [-0.05, 0) is 31.5 Å². The van der Waals surface area contributed by atoms with Crippen molar-refractivity contribution >= 4 is 30.7 Å². The number of likely N-dealkylation sites (tertiary alicyclic amines) is 1. The molecule has 1 amide bonds. The number of nitrogens with zero attached hydrogens (tertiary/aromatic N) is 1. The van der Waals surface area contributed by atoms with Crippen molar-refractivity contribution < 1.29 is 18.0 Å². The lowest BCUT2D eigenvalue weighted by atomic mass is 10.0. The summed E-state index contributed by atoms with van der Waals surface area (Å²) in [5.41, 5.74) is 0.0630. The second-order valence-electron chi connectivity index (χ2n) is 6.17. The molecule has 1 fully saturated rings. The van der Waals surface area contributed by atoms with Gasteiger partial charge in [-0.3, -0.25) is 9.69 Å². The number of carbonyl (C=O) groups excluding carboxylic acids is 1. The molecule has 0 unspecified atom stereocenters. The number of hydrogen-bond acceptors (Lipinski definition) is 3. The molecule has 1 heterocycles. The lowest BCUT2D eigenvalue weighted by molar-refractivity contribution is -0.137. The van der Waals surface area contributed by atoms with Gasteiger partial charge in [-0.1, -0.05) is 18.2 Å². The molecule has 0 aliphatic carbocycles.